The number of furan rings is 1. The van der Waals surface area contributed by atoms with Crippen LogP contribution in [-0.2, 0) is 21.4 Å². The lowest BCUT2D eigenvalue weighted by Gasteiger charge is -2.11. The first-order valence-corrected chi connectivity index (χ1v) is 9.84. The molecular formula is C18H22N2O5S. The molecule has 0 radical (unpaired) electrons. The molecule has 0 fully saturated rings. The molecule has 0 aliphatic heterocycles. The van der Waals surface area contributed by atoms with Gasteiger partial charge in [-0.25, -0.2) is 8.42 Å². The van der Waals surface area contributed by atoms with E-state index in [1.54, 1.807) is 36.4 Å². The topological polar surface area (TPSA) is 88.9 Å². The van der Waals surface area contributed by atoms with Gasteiger partial charge in [-0.2, -0.15) is 4.31 Å². The Kier molecular flexibility index (Phi) is 6.59. The zero-order chi connectivity index (χ0) is 19.2. The van der Waals surface area contributed by atoms with Crippen LogP contribution in [0.15, 0.2) is 46.9 Å². The Morgan fingerprint density at radius 1 is 1.23 bits per heavy atom. The summed E-state index contributed by atoms with van der Waals surface area (Å²) in [6.07, 6.45) is 4.00. The van der Waals surface area contributed by atoms with Gasteiger partial charge in [0, 0.05) is 18.8 Å². The third-order valence-electron chi connectivity index (χ3n) is 3.46. The Bertz CT molecular complexity index is 869. The average molecular weight is 378 g/mol. The maximum absolute atomic E-state index is 12.0. The highest BCUT2D eigenvalue weighted by Crippen LogP contribution is 2.16. The molecule has 26 heavy (non-hydrogen) atoms. The molecule has 0 spiro atoms. The van der Waals surface area contributed by atoms with Gasteiger partial charge in [0.2, 0.25) is 15.9 Å². The molecule has 0 bridgehead atoms. The standard InChI is InChI=1S/C18H22N2O5S/c1-4-24-15-7-5-14(6-8-15)19-18(21)12-11-16-9-10-17(25-16)13-20(2)26(3,22)23/h5-12H,4,13H2,1-3H3,(H,19,21)/b12-11+. The number of hydrogen-bond donors (Lipinski definition) is 1. The fraction of sp³-hybridized carbons (Fsp3) is 0.278. The number of nitrogens with one attached hydrogen (secondary N) is 1. The lowest BCUT2D eigenvalue weighted by atomic mass is 10.3. The molecular weight excluding hydrogens is 356 g/mol. The highest BCUT2D eigenvalue weighted by atomic mass is 32.2. The second kappa shape index (κ2) is 8.68. The highest BCUT2D eigenvalue weighted by molar-refractivity contribution is 7.88. The Balaban J connectivity index is 1.91. The Morgan fingerprint density at radius 2 is 1.92 bits per heavy atom. The Labute approximate surface area is 153 Å². The van der Waals surface area contributed by atoms with E-state index < -0.39 is 10.0 Å². The summed E-state index contributed by atoms with van der Waals surface area (Å²) in [7, 11) is -1.81. The van der Waals surface area contributed by atoms with Gasteiger partial charge in [-0.3, -0.25) is 4.79 Å². The van der Waals surface area contributed by atoms with E-state index >= 15 is 0 Å². The molecule has 2 aromatic rings. The summed E-state index contributed by atoms with van der Waals surface area (Å²) in [4.78, 5) is 12.0. The van der Waals surface area contributed by atoms with E-state index in [4.69, 9.17) is 9.15 Å². The van der Waals surface area contributed by atoms with Crippen molar-refractivity contribution in [1.82, 2.24) is 4.31 Å². The smallest absolute Gasteiger partial charge is 0.248 e. The van der Waals surface area contributed by atoms with E-state index in [1.807, 2.05) is 6.92 Å². The molecule has 0 saturated carbocycles. The summed E-state index contributed by atoms with van der Waals surface area (Å²) < 4.78 is 34.8. The molecule has 1 amide bonds. The van der Waals surface area contributed by atoms with Crippen LogP contribution in [0.4, 0.5) is 5.69 Å². The van der Waals surface area contributed by atoms with Crippen LogP contribution >= 0.6 is 0 Å². The Morgan fingerprint density at radius 3 is 2.54 bits per heavy atom. The molecule has 2 rings (SSSR count). The number of carbonyl (C=O) groups is 1. The van der Waals surface area contributed by atoms with Crippen molar-refractivity contribution in [3.8, 4) is 5.75 Å². The number of benzene rings is 1. The minimum Gasteiger partial charge on any atom is -0.494 e. The average Bonchev–Trinajstić information content (AvgIpc) is 3.02. The van der Waals surface area contributed by atoms with Crippen LogP contribution < -0.4 is 10.1 Å². The first-order chi connectivity index (χ1) is 12.3. The number of hydrogen-bond acceptors (Lipinski definition) is 5. The number of amides is 1. The van der Waals surface area contributed by atoms with Gasteiger partial charge in [-0.1, -0.05) is 0 Å². The first-order valence-electron chi connectivity index (χ1n) is 8.00. The molecule has 8 heteroatoms. The molecule has 1 heterocycles. The van der Waals surface area contributed by atoms with Crippen molar-refractivity contribution < 1.29 is 22.4 Å². The highest BCUT2D eigenvalue weighted by Gasteiger charge is 2.13. The largest absolute Gasteiger partial charge is 0.494 e. The van der Waals surface area contributed by atoms with Crippen LogP contribution in [0.3, 0.4) is 0 Å². The number of sulfonamides is 1. The summed E-state index contributed by atoms with van der Waals surface area (Å²) in [5, 5.41) is 2.73. The van der Waals surface area contributed by atoms with E-state index in [1.165, 1.54) is 23.5 Å². The number of ether oxygens (including phenoxy) is 1. The summed E-state index contributed by atoms with van der Waals surface area (Å²) in [6.45, 7) is 2.62. The van der Waals surface area contributed by atoms with Crippen LogP contribution in [0.2, 0.25) is 0 Å². The Hall–Kier alpha value is -2.58. The predicted molar refractivity (Wildman–Crippen MR) is 100 cm³/mol. The van der Waals surface area contributed by atoms with Gasteiger partial charge in [0.05, 0.1) is 19.4 Å². The normalized spacial score (nSPS) is 11.8. The molecule has 0 atom stereocenters. The predicted octanol–water partition coefficient (Wildman–Crippen LogP) is 2.72. The molecule has 1 N–H and O–H groups in total. The fourth-order valence-corrected chi connectivity index (χ4v) is 2.41. The fourth-order valence-electron chi connectivity index (χ4n) is 2.05. The molecule has 1 aromatic heterocycles. The van der Waals surface area contributed by atoms with Crippen LogP contribution in [0.25, 0.3) is 6.08 Å². The van der Waals surface area contributed by atoms with Crippen LogP contribution in [0, 0.1) is 0 Å². The quantitative estimate of drug-likeness (QED) is 0.714. The minimum atomic E-state index is -3.28. The van der Waals surface area contributed by atoms with Gasteiger partial charge in [-0.15, -0.1) is 0 Å². The maximum atomic E-state index is 12.0. The second-order valence-corrected chi connectivity index (χ2v) is 7.69. The van der Waals surface area contributed by atoms with E-state index in [9.17, 15) is 13.2 Å². The summed E-state index contributed by atoms with van der Waals surface area (Å²) in [6, 6.07) is 10.4. The van der Waals surface area contributed by atoms with Gasteiger partial charge in [-0.05, 0) is 49.4 Å². The SMILES string of the molecule is CCOc1ccc(NC(=O)/C=C/c2ccc(CN(C)S(C)(=O)=O)o2)cc1. The molecule has 140 valence electrons. The van der Waals surface area contributed by atoms with Gasteiger partial charge >= 0.3 is 0 Å². The molecule has 0 unspecified atom stereocenters. The first kappa shape index (κ1) is 19.7. The van der Waals surface area contributed by atoms with E-state index in [-0.39, 0.29) is 12.5 Å². The lowest BCUT2D eigenvalue weighted by Crippen LogP contribution is -2.24. The third kappa shape index (κ3) is 6.05. The van der Waals surface area contributed by atoms with Crippen LogP contribution in [-0.4, -0.2) is 38.5 Å². The minimum absolute atomic E-state index is 0.130. The number of nitrogens with zero attached hydrogens (tertiary/aromatic N) is 1. The van der Waals surface area contributed by atoms with Crippen LogP contribution in [0.5, 0.6) is 5.75 Å². The molecule has 0 aliphatic carbocycles. The van der Waals surface area contributed by atoms with Crippen molar-refractivity contribution in [3.63, 3.8) is 0 Å². The van der Waals surface area contributed by atoms with Gasteiger partial charge < -0.3 is 14.5 Å². The van der Waals surface area contributed by atoms with Crippen molar-refractivity contribution in [2.24, 2.45) is 0 Å². The number of rotatable bonds is 8. The van der Waals surface area contributed by atoms with Crippen molar-refractivity contribution in [1.29, 1.82) is 0 Å². The molecule has 7 nitrogen and oxygen atoms in total. The third-order valence-corrected chi connectivity index (χ3v) is 4.72. The van der Waals surface area contributed by atoms with Gasteiger partial charge in [0.1, 0.15) is 17.3 Å². The zero-order valence-corrected chi connectivity index (χ0v) is 15.7. The molecule has 1 aromatic carbocycles. The van der Waals surface area contributed by atoms with Crippen molar-refractivity contribution in [2.75, 3.05) is 25.2 Å². The van der Waals surface area contributed by atoms with Gasteiger partial charge in [0.15, 0.2) is 0 Å². The van der Waals surface area contributed by atoms with Crippen molar-refractivity contribution in [2.45, 2.75) is 13.5 Å². The van der Waals surface area contributed by atoms with E-state index in [0.29, 0.717) is 23.8 Å². The van der Waals surface area contributed by atoms with E-state index in [0.717, 1.165) is 12.0 Å². The molecule has 0 aliphatic rings. The number of carbonyl (C=O) groups excluding carboxylic acids is 1. The lowest BCUT2D eigenvalue weighted by molar-refractivity contribution is -0.111. The molecule has 0 saturated heterocycles. The second-order valence-electron chi connectivity index (χ2n) is 5.60. The summed E-state index contributed by atoms with van der Waals surface area (Å²) in [5.41, 5.74) is 0.651. The van der Waals surface area contributed by atoms with Crippen molar-refractivity contribution in [3.05, 3.63) is 54.0 Å². The monoisotopic (exact) mass is 378 g/mol. The number of anilines is 1. The van der Waals surface area contributed by atoms with Crippen LogP contribution in [0.1, 0.15) is 18.4 Å². The summed E-state index contributed by atoms with van der Waals surface area (Å²) in [5.74, 6) is 1.39. The van der Waals surface area contributed by atoms with Gasteiger partial charge in [0.25, 0.3) is 0 Å². The zero-order valence-electron chi connectivity index (χ0n) is 14.9. The summed E-state index contributed by atoms with van der Waals surface area (Å²) >= 11 is 0. The van der Waals surface area contributed by atoms with Crippen molar-refractivity contribution >= 4 is 27.7 Å². The van der Waals surface area contributed by atoms with E-state index in [2.05, 4.69) is 5.32 Å². The maximum Gasteiger partial charge on any atom is 0.248 e.